The molecule has 94 valence electrons. The van der Waals surface area contributed by atoms with Gasteiger partial charge in [0.05, 0.1) is 0 Å². The molecule has 0 saturated carbocycles. The summed E-state index contributed by atoms with van der Waals surface area (Å²) in [6, 6.07) is 3.28. The largest absolute Gasteiger partial charge is 0.480 e. The van der Waals surface area contributed by atoms with Crippen LogP contribution in [0.5, 0.6) is 0 Å². The molecule has 4 nitrogen and oxygen atoms in total. The van der Waals surface area contributed by atoms with E-state index >= 15 is 0 Å². The number of carboxylic acids is 1. The number of carbonyl (C=O) groups excluding carboxylic acids is 1. The molecular formula is C11H15NO3S2. The Hall–Kier alpha value is -1.01. The first kappa shape index (κ1) is 14.1. The van der Waals surface area contributed by atoms with Gasteiger partial charge >= 0.3 is 5.97 Å². The van der Waals surface area contributed by atoms with Crippen LogP contribution in [0.4, 0.5) is 0 Å². The molecule has 2 N–H and O–H groups in total. The average molecular weight is 273 g/mol. The molecule has 1 atom stereocenters. The van der Waals surface area contributed by atoms with E-state index in [4.69, 9.17) is 5.11 Å². The smallest absolute Gasteiger partial charge is 0.326 e. The zero-order valence-corrected chi connectivity index (χ0v) is 11.1. The number of carbonyl (C=O) groups is 2. The number of aliphatic carboxylic acids is 1. The van der Waals surface area contributed by atoms with Gasteiger partial charge in [0.25, 0.3) is 0 Å². The first-order chi connectivity index (χ1) is 8.09. The van der Waals surface area contributed by atoms with Crippen LogP contribution in [-0.2, 0) is 15.3 Å². The van der Waals surface area contributed by atoms with E-state index in [1.807, 2.05) is 11.4 Å². The summed E-state index contributed by atoms with van der Waals surface area (Å²) in [6.07, 6.45) is 0.449. The second-order valence-corrected chi connectivity index (χ2v) is 5.65. The van der Waals surface area contributed by atoms with E-state index in [0.717, 1.165) is 11.5 Å². The highest BCUT2D eigenvalue weighted by atomic mass is 32.2. The monoisotopic (exact) mass is 273 g/mol. The van der Waals surface area contributed by atoms with Gasteiger partial charge in [-0.25, -0.2) is 4.79 Å². The Morgan fingerprint density at radius 1 is 1.59 bits per heavy atom. The summed E-state index contributed by atoms with van der Waals surface area (Å²) in [5.74, 6) is 0.330. The fourth-order valence-electron chi connectivity index (χ4n) is 1.27. The molecule has 0 radical (unpaired) electrons. The lowest BCUT2D eigenvalue weighted by Gasteiger charge is -2.12. The van der Waals surface area contributed by atoms with Crippen LogP contribution in [0.15, 0.2) is 17.5 Å². The maximum absolute atomic E-state index is 10.8. The minimum atomic E-state index is -0.975. The molecule has 0 spiro atoms. The molecule has 0 aliphatic carbocycles. The first-order valence-corrected chi connectivity index (χ1v) is 7.23. The molecule has 1 rings (SSSR count). The van der Waals surface area contributed by atoms with Crippen LogP contribution >= 0.6 is 23.1 Å². The third kappa shape index (κ3) is 5.74. The molecule has 0 bridgehead atoms. The third-order valence-corrected chi connectivity index (χ3v) is 4.15. The average Bonchev–Trinajstić information content (AvgIpc) is 2.74. The van der Waals surface area contributed by atoms with Gasteiger partial charge in [-0.05, 0) is 23.6 Å². The number of nitrogens with one attached hydrogen (secondary N) is 1. The lowest BCUT2D eigenvalue weighted by Crippen LogP contribution is -2.39. The summed E-state index contributed by atoms with van der Waals surface area (Å²) in [7, 11) is 0. The number of carboxylic acid groups (broad SMARTS) is 1. The number of amides is 1. The van der Waals surface area contributed by atoms with E-state index in [-0.39, 0.29) is 5.91 Å². The van der Waals surface area contributed by atoms with Crippen molar-refractivity contribution < 1.29 is 14.7 Å². The molecular weight excluding hydrogens is 258 g/mol. The van der Waals surface area contributed by atoms with Crippen molar-refractivity contribution in [1.29, 1.82) is 0 Å². The Kier molecular flexibility index (Phi) is 6.07. The highest BCUT2D eigenvalue weighted by Crippen LogP contribution is 2.18. The number of thiophene rings is 1. The molecule has 17 heavy (non-hydrogen) atoms. The fraction of sp³-hybridized carbons (Fsp3) is 0.455. The maximum atomic E-state index is 10.8. The maximum Gasteiger partial charge on any atom is 0.326 e. The Morgan fingerprint density at radius 2 is 2.35 bits per heavy atom. The summed E-state index contributed by atoms with van der Waals surface area (Å²) in [4.78, 5) is 22.9. The third-order valence-electron chi connectivity index (χ3n) is 2.05. The second kappa shape index (κ2) is 7.34. The number of hydrogen-bond acceptors (Lipinski definition) is 4. The molecule has 1 unspecified atom stereocenters. The summed E-state index contributed by atoms with van der Waals surface area (Å²) in [6.45, 7) is 1.33. The van der Waals surface area contributed by atoms with Gasteiger partial charge in [0.2, 0.25) is 5.91 Å². The van der Waals surface area contributed by atoms with Crippen molar-refractivity contribution in [3.63, 3.8) is 0 Å². The minimum absolute atomic E-state index is 0.305. The molecule has 1 amide bonds. The van der Waals surface area contributed by atoms with Crippen molar-refractivity contribution in [1.82, 2.24) is 5.32 Å². The van der Waals surface area contributed by atoms with E-state index < -0.39 is 12.0 Å². The van der Waals surface area contributed by atoms with Crippen molar-refractivity contribution >= 4 is 35.0 Å². The molecule has 1 aromatic heterocycles. The standard InChI is InChI=1S/C11H15NO3S2/c1-8(13)12-10(11(14)15)4-6-16-7-9-3-2-5-17-9/h2-3,5,10H,4,6-7H2,1H3,(H,12,13)(H,14,15). The van der Waals surface area contributed by atoms with Crippen LogP contribution < -0.4 is 5.32 Å². The van der Waals surface area contributed by atoms with Gasteiger partial charge in [-0.15, -0.1) is 11.3 Å². The van der Waals surface area contributed by atoms with Crippen molar-refractivity contribution in [3.8, 4) is 0 Å². The van der Waals surface area contributed by atoms with Crippen molar-refractivity contribution in [2.45, 2.75) is 25.1 Å². The topological polar surface area (TPSA) is 66.4 Å². The zero-order valence-electron chi connectivity index (χ0n) is 9.51. The van der Waals surface area contributed by atoms with E-state index in [1.165, 1.54) is 11.8 Å². The van der Waals surface area contributed by atoms with E-state index in [1.54, 1.807) is 23.1 Å². The van der Waals surface area contributed by atoms with Gasteiger partial charge in [0.1, 0.15) is 6.04 Å². The summed E-state index contributed by atoms with van der Waals surface area (Å²) < 4.78 is 0. The van der Waals surface area contributed by atoms with Gasteiger partial charge in [-0.3, -0.25) is 4.79 Å². The molecule has 0 fully saturated rings. The lowest BCUT2D eigenvalue weighted by molar-refractivity contribution is -0.141. The van der Waals surface area contributed by atoms with Crippen LogP contribution in [-0.4, -0.2) is 28.8 Å². The van der Waals surface area contributed by atoms with Gasteiger partial charge in [-0.2, -0.15) is 11.8 Å². The molecule has 1 aromatic rings. The van der Waals surface area contributed by atoms with Crippen molar-refractivity contribution in [2.24, 2.45) is 0 Å². The normalized spacial score (nSPS) is 12.1. The first-order valence-electron chi connectivity index (χ1n) is 5.19. The highest BCUT2D eigenvalue weighted by Gasteiger charge is 2.17. The molecule has 1 heterocycles. The Labute approximate surface area is 108 Å². The van der Waals surface area contributed by atoms with E-state index in [0.29, 0.717) is 6.42 Å². The van der Waals surface area contributed by atoms with Crippen LogP contribution in [0.1, 0.15) is 18.2 Å². The van der Waals surface area contributed by atoms with E-state index in [9.17, 15) is 9.59 Å². The van der Waals surface area contributed by atoms with Gasteiger partial charge in [0, 0.05) is 17.6 Å². The van der Waals surface area contributed by atoms with Gasteiger partial charge in [0.15, 0.2) is 0 Å². The SMILES string of the molecule is CC(=O)NC(CCSCc1cccs1)C(=O)O. The molecule has 0 aliphatic rings. The number of hydrogen-bond donors (Lipinski definition) is 2. The summed E-state index contributed by atoms with van der Waals surface area (Å²) >= 11 is 3.37. The molecule has 0 aromatic carbocycles. The zero-order chi connectivity index (χ0) is 12.7. The van der Waals surface area contributed by atoms with Crippen LogP contribution in [0.2, 0.25) is 0 Å². The summed E-state index contributed by atoms with van der Waals surface area (Å²) in [5, 5.41) is 13.3. The van der Waals surface area contributed by atoms with Crippen molar-refractivity contribution in [3.05, 3.63) is 22.4 Å². The van der Waals surface area contributed by atoms with Gasteiger partial charge < -0.3 is 10.4 Å². The van der Waals surface area contributed by atoms with Crippen LogP contribution in [0.25, 0.3) is 0 Å². The predicted octanol–water partition coefficient (Wildman–Crippen LogP) is 1.96. The number of rotatable bonds is 7. The predicted molar refractivity (Wildman–Crippen MR) is 70.3 cm³/mol. The lowest BCUT2D eigenvalue weighted by atomic mass is 10.2. The highest BCUT2D eigenvalue weighted by molar-refractivity contribution is 7.98. The molecule has 0 saturated heterocycles. The summed E-state index contributed by atoms with van der Waals surface area (Å²) in [5.41, 5.74) is 0. The van der Waals surface area contributed by atoms with Crippen molar-refractivity contribution in [2.75, 3.05) is 5.75 Å². The Bertz CT molecular complexity index is 365. The van der Waals surface area contributed by atoms with Gasteiger partial charge in [-0.1, -0.05) is 6.07 Å². The van der Waals surface area contributed by atoms with Crippen LogP contribution in [0.3, 0.4) is 0 Å². The molecule has 6 heteroatoms. The Morgan fingerprint density at radius 3 is 2.88 bits per heavy atom. The quantitative estimate of drug-likeness (QED) is 0.745. The second-order valence-electron chi connectivity index (χ2n) is 3.51. The Balaban J connectivity index is 2.23. The number of thioether (sulfide) groups is 1. The van der Waals surface area contributed by atoms with Crippen LogP contribution in [0, 0.1) is 0 Å². The fourth-order valence-corrected chi connectivity index (χ4v) is 3.13. The molecule has 0 aliphatic heterocycles. The van der Waals surface area contributed by atoms with E-state index in [2.05, 4.69) is 11.4 Å². The minimum Gasteiger partial charge on any atom is -0.480 e.